The van der Waals surface area contributed by atoms with Crippen LogP contribution in [0.4, 0.5) is 11.4 Å². The van der Waals surface area contributed by atoms with Crippen molar-refractivity contribution >= 4 is 29.1 Å². The Kier molecular flexibility index (Phi) is 5.06. The number of anilines is 2. The molecule has 0 saturated carbocycles. The second kappa shape index (κ2) is 7.25. The Morgan fingerprint density at radius 3 is 2.76 bits per heavy atom. The summed E-state index contributed by atoms with van der Waals surface area (Å²) in [4.78, 5) is 40.0. The van der Waals surface area contributed by atoms with Crippen molar-refractivity contribution in [3.05, 3.63) is 24.3 Å². The normalized spacial score (nSPS) is 23.7. The number of rotatable bonds is 3. The average molecular weight is 343 g/mol. The first-order valence-electron chi connectivity index (χ1n) is 8.91. The highest BCUT2D eigenvalue weighted by atomic mass is 16.2. The third kappa shape index (κ3) is 4.00. The van der Waals surface area contributed by atoms with Gasteiger partial charge in [-0.25, -0.2) is 0 Å². The van der Waals surface area contributed by atoms with Crippen LogP contribution in [-0.2, 0) is 14.4 Å². The van der Waals surface area contributed by atoms with Gasteiger partial charge in [0, 0.05) is 44.4 Å². The lowest BCUT2D eigenvalue weighted by atomic mass is 9.98. The molecular weight excluding hydrogens is 318 g/mol. The van der Waals surface area contributed by atoms with Crippen molar-refractivity contribution in [1.29, 1.82) is 0 Å². The van der Waals surface area contributed by atoms with E-state index in [9.17, 15) is 14.4 Å². The molecule has 2 saturated heterocycles. The third-order valence-electron chi connectivity index (χ3n) is 4.92. The van der Waals surface area contributed by atoms with Gasteiger partial charge in [0.2, 0.25) is 17.7 Å². The topological polar surface area (TPSA) is 69.7 Å². The Bertz CT molecular complexity index is 688. The minimum absolute atomic E-state index is 0.0385. The molecule has 3 amide bonds. The number of amides is 3. The van der Waals surface area contributed by atoms with Gasteiger partial charge in [0.15, 0.2) is 0 Å². The predicted octanol–water partition coefficient (Wildman–Crippen LogP) is 2.26. The van der Waals surface area contributed by atoms with E-state index in [0.717, 1.165) is 31.6 Å². The van der Waals surface area contributed by atoms with E-state index in [1.807, 2.05) is 11.0 Å². The van der Waals surface area contributed by atoms with E-state index >= 15 is 0 Å². The molecule has 1 aromatic rings. The van der Waals surface area contributed by atoms with Crippen LogP contribution in [-0.4, -0.2) is 42.3 Å². The van der Waals surface area contributed by atoms with Crippen LogP contribution in [0.25, 0.3) is 0 Å². The van der Waals surface area contributed by atoms with Gasteiger partial charge in [-0.2, -0.15) is 0 Å². The van der Waals surface area contributed by atoms with Gasteiger partial charge in [-0.05, 0) is 37.0 Å². The first-order chi connectivity index (χ1) is 11.9. The lowest BCUT2D eigenvalue weighted by molar-refractivity contribution is -0.137. The third-order valence-corrected chi connectivity index (χ3v) is 4.92. The molecule has 0 bridgehead atoms. The highest BCUT2D eigenvalue weighted by Gasteiger charge is 2.38. The van der Waals surface area contributed by atoms with Crippen LogP contribution >= 0.6 is 0 Å². The standard InChI is InChI=1S/C19H25N3O3/c1-13-5-4-8-21(11-13)19(25)15-9-18(24)22(12-15)17-7-3-6-16(10-17)20-14(2)23/h3,6-7,10,13,15H,4-5,8-9,11-12H2,1-2H3,(H,20,23). The fourth-order valence-corrected chi connectivity index (χ4v) is 3.73. The van der Waals surface area contributed by atoms with Crippen molar-refractivity contribution < 1.29 is 14.4 Å². The van der Waals surface area contributed by atoms with Gasteiger partial charge in [-0.15, -0.1) is 0 Å². The molecule has 2 unspecified atom stereocenters. The molecule has 25 heavy (non-hydrogen) atoms. The molecule has 2 fully saturated rings. The van der Waals surface area contributed by atoms with E-state index < -0.39 is 0 Å². The second-order valence-electron chi connectivity index (χ2n) is 7.17. The maximum atomic E-state index is 12.8. The smallest absolute Gasteiger partial charge is 0.228 e. The molecular formula is C19H25N3O3. The largest absolute Gasteiger partial charge is 0.342 e. The monoisotopic (exact) mass is 343 g/mol. The number of carbonyl (C=O) groups excluding carboxylic acids is 3. The van der Waals surface area contributed by atoms with Crippen LogP contribution < -0.4 is 10.2 Å². The Morgan fingerprint density at radius 2 is 2.04 bits per heavy atom. The molecule has 2 atom stereocenters. The molecule has 6 heteroatoms. The van der Waals surface area contributed by atoms with Crippen molar-refractivity contribution in [2.24, 2.45) is 11.8 Å². The van der Waals surface area contributed by atoms with Crippen LogP contribution in [0.5, 0.6) is 0 Å². The number of likely N-dealkylation sites (tertiary alicyclic amines) is 1. The van der Waals surface area contributed by atoms with Crippen molar-refractivity contribution in [1.82, 2.24) is 4.90 Å². The van der Waals surface area contributed by atoms with Gasteiger partial charge in [-0.3, -0.25) is 14.4 Å². The SMILES string of the molecule is CC(=O)Nc1cccc(N2CC(C(=O)N3CCCC(C)C3)CC2=O)c1. The zero-order valence-electron chi connectivity index (χ0n) is 14.8. The minimum atomic E-state index is -0.276. The van der Waals surface area contributed by atoms with Gasteiger partial charge in [0.1, 0.15) is 0 Å². The van der Waals surface area contributed by atoms with Gasteiger partial charge in [0.25, 0.3) is 0 Å². The second-order valence-corrected chi connectivity index (χ2v) is 7.17. The summed E-state index contributed by atoms with van der Waals surface area (Å²) in [5, 5.41) is 2.72. The molecule has 2 aliphatic rings. The first-order valence-corrected chi connectivity index (χ1v) is 8.91. The average Bonchev–Trinajstić information content (AvgIpc) is 2.95. The summed E-state index contributed by atoms with van der Waals surface area (Å²) in [6.45, 7) is 5.61. The fourth-order valence-electron chi connectivity index (χ4n) is 3.73. The van der Waals surface area contributed by atoms with Crippen LogP contribution in [0.3, 0.4) is 0 Å². The Morgan fingerprint density at radius 1 is 1.24 bits per heavy atom. The quantitative estimate of drug-likeness (QED) is 0.915. The molecule has 134 valence electrons. The molecule has 3 rings (SSSR count). The van der Waals surface area contributed by atoms with Gasteiger partial charge in [0.05, 0.1) is 5.92 Å². The number of hydrogen-bond acceptors (Lipinski definition) is 3. The van der Waals surface area contributed by atoms with Crippen LogP contribution in [0.15, 0.2) is 24.3 Å². The van der Waals surface area contributed by atoms with Crippen molar-refractivity contribution in [2.75, 3.05) is 29.9 Å². The summed E-state index contributed by atoms with van der Waals surface area (Å²) in [5.41, 5.74) is 1.37. The van der Waals surface area contributed by atoms with E-state index in [2.05, 4.69) is 12.2 Å². The Hall–Kier alpha value is -2.37. The minimum Gasteiger partial charge on any atom is -0.342 e. The van der Waals surface area contributed by atoms with E-state index in [1.54, 1.807) is 23.1 Å². The number of benzene rings is 1. The predicted molar refractivity (Wildman–Crippen MR) is 96.2 cm³/mol. The maximum absolute atomic E-state index is 12.8. The van der Waals surface area contributed by atoms with Crippen LogP contribution in [0.2, 0.25) is 0 Å². The lowest BCUT2D eigenvalue weighted by Gasteiger charge is -2.32. The summed E-state index contributed by atoms with van der Waals surface area (Å²) in [6, 6.07) is 7.19. The van der Waals surface area contributed by atoms with E-state index in [0.29, 0.717) is 18.2 Å². The molecule has 1 N–H and O–H groups in total. The highest BCUT2D eigenvalue weighted by molar-refractivity contribution is 6.01. The number of piperidine rings is 1. The lowest BCUT2D eigenvalue weighted by Crippen LogP contribution is -2.43. The highest BCUT2D eigenvalue weighted by Crippen LogP contribution is 2.29. The zero-order valence-corrected chi connectivity index (χ0v) is 14.8. The summed E-state index contributed by atoms with van der Waals surface area (Å²) in [5.74, 6) is 0.156. The van der Waals surface area contributed by atoms with Gasteiger partial charge < -0.3 is 15.1 Å². The van der Waals surface area contributed by atoms with Gasteiger partial charge in [-0.1, -0.05) is 13.0 Å². The van der Waals surface area contributed by atoms with Crippen LogP contribution in [0, 0.1) is 11.8 Å². The molecule has 1 aromatic carbocycles. The van der Waals surface area contributed by atoms with E-state index in [-0.39, 0.29) is 30.1 Å². The molecule has 0 aliphatic carbocycles. The van der Waals surface area contributed by atoms with Crippen molar-refractivity contribution in [2.45, 2.75) is 33.1 Å². The summed E-state index contributed by atoms with van der Waals surface area (Å²) in [6.07, 6.45) is 2.46. The van der Waals surface area contributed by atoms with Crippen molar-refractivity contribution in [3.63, 3.8) is 0 Å². The van der Waals surface area contributed by atoms with E-state index in [1.165, 1.54) is 6.92 Å². The Balaban J connectivity index is 1.70. The maximum Gasteiger partial charge on any atom is 0.228 e. The van der Waals surface area contributed by atoms with E-state index in [4.69, 9.17) is 0 Å². The van der Waals surface area contributed by atoms with Crippen molar-refractivity contribution in [3.8, 4) is 0 Å². The summed E-state index contributed by atoms with van der Waals surface area (Å²) in [7, 11) is 0. The first kappa shape index (κ1) is 17.5. The summed E-state index contributed by atoms with van der Waals surface area (Å²) >= 11 is 0. The Labute approximate surface area is 148 Å². The zero-order chi connectivity index (χ0) is 18.0. The van der Waals surface area contributed by atoms with Crippen LogP contribution in [0.1, 0.15) is 33.1 Å². The van der Waals surface area contributed by atoms with Gasteiger partial charge >= 0.3 is 0 Å². The molecule has 6 nitrogen and oxygen atoms in total. The number of nitrogens with one attached hydrogen (secondary N) is 1. The number of nitrogens with zero attached hydrogens (tertiary/aromatic N) is 2. The fraction of sp³-hybridized carbons (Fsp3) is 0.526. The number of carbonyl (C=O) groups is 3. The molecule has 0 radical (unpaired) electrons. The summed E-state index contributed by atoms with van der Waals surface area (Å²) < 4.78 is 0. The molecule has 0 aromatic heterocycles. The molecule has 2 heterocycles. The number of hydrogen-bond donors (Lipinski definition) is 1. The molecule has 2 aliphatic heterocycles. The molecule has 0 spiro atoms.